The van der Waals surface area contributed by atoms with Crippen LogP contribution in [-0.4, -0.2) is 29.0 Å². The van der Waals surface area contributed by atoms with Gasteiger partial charge < -0.3 is 15.3 Å². The summed E-state index contributed by atoms with van der Waals surface area (Å²) in [5.41, 5.74) is 0.283. The summed E-state index contributed by atoms with van der Waals surface area (Å²) in [7, 11) is 0. The molecule has 1 aliphatic heterocycles. The van der Waals surface area contributed by atoms with Gasteiger partial charge in [0.1, 0.15) is 17.3 Å². The molecule has 0 spiro atoms. The van der Waals surface area contributed by atoms with E-state index >= 15 is 0 Å². The molecular formula is C18H17ClFN3O4. The smallest absolute Gasteiger partial charge is 0.292 e. The first kappa shape index (κ1) is 18.9. The van der Waals surface area contributed by atoms with Crippen LogP contribution in [0.4, 0.5) is 21.5 Å². The normalized spacial score (nSPS) is 14.8. The van der Waals surface area contributed by atoms with Crippen LogP contribution in [0, 0.1) is 21.8 Å². The molecule has 27 heavy (non-hydrogen) atoms. The topological polar surface area (TPSA) is 95.7 Å². The molecule has 1 fully saturated rings. The molecule has 2 N–H and O–H groups in total. The van der Waals surface area contributed by atoms with E-state index < -0.39 is 10.7 Å². The van der Waals surface area contributed by atoms with Crippen molar-refractivity contribution in [1.82, 2.24) is 0 Å². The van der Waals surface area contributed by atoms with Crippen LogP contribution in [0.25, 0.3) is 0 Å². The fourth-order valence-corrected chi connectivity index (χ4v) is 3.30. The highest BCUT2D eigenvalue weighted by Gasteiger charge is 2.29. The van der Waals surface area contributed by atoms with E-state index in [4.69, 9.17) is 11.6 Å². The third-order valence-corrected chi connectivity index (χ3v) is 4.79. The maximum atomic E-state index is 13.5. The molecule has 1 heterocycles. The molecule has 1 aliphatic rings. The molecule has 0 aromatic heterocycles. The molecule has 1 saturated heterocycles. The Kier molecular flexibility index (Phi) is 5.46. The predicted molar refractivity (Wildman–Crippen MR) is 99.7 cm³/mol. The highest BCUT2D eigenvalue weighted by molar-refractivity contribution is 6.31. The zero-order chi connectivity index (χ0) is 19.6. The molecular weight excluding hydrogens is 377 g/mol. The Bertz CT molecular complexity index is 885. The lowest BCUT2D eigenvalue weighted by molar-refractivity contribution is -0.384. The van der Waals surface area contributed by atoms with E-state index in [-0.39, 0.29) is 34.6 Å². The number of piperidine rings is 1. The van der Waals surface area contributed by atoms with Crippen molar-refractivity contribution in [1.29, 1.82) is 0 Å². The average molecular weight is 394 g/mol. The zero-order valence-corrected chi connectivity index (χ0v) is 14.9. The van der Waals surface area contributed by atoms with Gasteiger partial charge in [-0.25, -0.2) is 4.39 Å². The second-order valence-corrected chi connectivity index (χ2v) is 6.74. The van der Waals surface area contributed by atoms with E-state index in [2.05, 4.69) is 5.32 Å². The molecule has 2 aromatic rings. The number of nitrogens with one attached hydrogen (secondary N) is 1. The third-order valence-electron chi connectivity index (χ3n) is 4.56. The minimum absolute atomic E-state index is 0.0828. The molecule has 0 unspecified atom stereocenters. The summed E-state index contributed by atoms with van der Waals surface area (Å²) in [6.07, 6.45) is 0.891. The number of carbonyl (C=O) groups excluding carboxylic acids is 1. The highest BCUT2D eigenvalue weighted by atomic mass is 35.5. The molecule has 2 aromatic carbocycles. The maximum Gasteiger partial charge on any atom is 0.292 e. The molecule has 142 valence electrons. The number of phenols is 1. The van der Waals surface area contributed by atoms with Gasteiger partial charge in [0.25, 0.3) is 5.69 Å². The van der Waals surface area contributed by atoms with Crippen LogP contribution >= 0.6 is 11.6 Å². The van der Waals surface area contributed by atoms with Crippen LogP contribution in [0.5, 0.6) is 5.75 Å². The van der Waals surface area contributed by atoms with Crippen LogP contribution in [0.3, 0.4) is 0 Å². The monoisotopic (exact) mass is 393 g/mol. The number of nitro benzene ring substituents is 1. The number of anilines is 2. The average Bonchev–Trinajstić information content (AvgIpc) is 2.64. The van der Waals surface area contributed by atoms with E-state index in [1.165, 1.54) is 18.2 Å². The quantitative estimate of drug-likeness (QED) is 0.466. The van der Waals surface area contributed by atoms with Crippen molar-refractivity contribution in [3.05, 3.63) is 57.4 Å². The third kappa shape index (κ3) is 4.28. The number of phenolic OH excluding ortho intramolecular Hbond substituents is 1. The first-order valence-electron chi connectivity index (χ1n) is 8.33. The lowest BCUT2D eigenvalue weighted by Gasteiger charge is -2.32. The molecule has 0 aliphatic carbocycles. The lowest BCUT2D eigenvalue weighted by atomic mass is 9.95. The predicted octanol–water partition coefficient (Wildman–Crippen LogP) is 3.95. The van der Waals surface area contributed by atoms with E-state index in [1.54, 1.807) is 4.90 Å². The largest absolute Gasteiger partial charge is 0.506 e. The van der Waals surface area contributed by atoms with Crippen molar-refractivity contribution in [2.45, 2.75) is 12.8 Å². The fourth-order valence-electron chi connectivity index (χ4n) is 3.13. The number of hydrogen-bond donors (Lipinski definition) is 2. The van der Waals surface area contributed by atoms with Gasteiger partial charge in [-0.15, -0.1) is 0 Å². The number of nitro groups is 1. The van der Waals surface area contributed by atoms with Crippen molar-refractivity contribution in [2.24, 2.45) is 5.92 Å². The summed E-state index contributed by atoms with van der Waals surface area (Å²) >= 11 is 5.87. The van der Waals surface area contributed by atoms with Crippen molar-refractivity contribution in [3.8, 4) is 5.75 Å². The maximum absolute atomic E-state index is 13.5. The first-order chi connectivity index (χ1) is 12.8. The van der Waals surface area contributed by atoms with Crippen molar-refractivity contribution in [3.63, 3.8) is 0 Å². The van der Waals surface area contributed by atoms with Gasteiger partial charge >= 0.3 is 0 Å². The van der Waals surface area contributed by atoms with Gasteiger partial charge in [-0.05, 0) is 37.1 Å². The molecule has 0 atom stereocenters. The van der Waals surface area contributed by atoms with Crippen LogP contribution < -0.4 is 10.2 Å². The number of nitrogens with zero attached hydrogens (tertiary/aromatic N) is 2. The number of benzene rings is 2. The minimum Gasteiger partial charge on any atom is -0.506 e. The van der Waals surface area contributed by atoms with Crippen LogP contribution in [0.1, 0.15) is 12.8 Å². The SMILES string of the molecule is O=C(Nc1cc(Cl)ccc1O)C1CCN(c2cc(F)ccc2[N+](=O)[O-])CC1. The number of hydrogen-bond acceptors (Lipinski definition) is 5. The van der Waals surface area contributed by atoms with Crippen LogP contribution in [-0.2, 0) is 4.79 Å². The Labute approximate surface area is 159 Å². The summed E-state index contributed by atoms with van der Waals surface area (Å²) < 4.78 is 13.5. The summed E-state index contributed by atoms with van der Waals surface area (Å²) in [5, 5.41) is 24.0. The first-order valence-corrected chi connectivity index (χ1v) is 8.71. The number of halogens is 2. The Morgan fingerprint density at radius 3 is 2.63 bits per heavy atom. The molecule has 0 bridgehead atoms. The Hall–Kier alpha value is -2.87. The number of aromatic hydroxyl groups is 1. The fraction of sp³-hybridized carbons (Fsp3) is 0.278. The summed E-state index contributed by atoms with van der Waals surface area (Å²) in [6.45, 7) is 0.758. The Balaban J connectivity index is 1.67. The Morgan fingerprint density at radius 1 is 1.26 bits per heavy atom. The van der Waals surface area contributed by atoms with E-state index in [0.717, 1.165) is 18.2 Å². The van der Waals surface area contributed by atoms with Crippen molar-refractivity contribution < 1.29 is 19.2 Å². The minimum atomic E-state index is -0.549. The van der Waals surface area contributed by atoms with Gasteiger partial charge in [0.05, 0.1) is 10.6 Å². The second-order valence-electron chi connectivity index (χ2n) is 6.30. The van der Waals surface area contributed by atoms with Gasteiger partial charge in [0.2, 0.25) is 5.91 Å². The number of rotatable bonds is 4. The van der Waals surface area contributed by atoms with Gasteiger partial charge in [0.15, 0.2) is 0 Å². The Morgan fingerprint density at radius 2 is 1.96 bits per heavy atom. The van der Waals surface area contributed by atoms with E-state index in [9.17, 15) is 24.4 Å². The number of amides is 1. The summed E-state index contributed by atoms with van der Waals surface area (Å²) in [5.74, 6) is -1.22. The van der Waals surface area contributed by atoms with Crippen molar-refractivity contribution >= 4 is 34.6 Å². The summed E-state index contributed by atoms with van der Waals surface area (Å²) in [6, 6.07) is 7.70. The molecule has 1 amide bonds. The summed E-state index contributed by atoms with van der Waals surface area (Å²) in [4.78, 5) is 24.8. The van der Waals surface area contributed by atoms with Gasteiger partial charge in [-0.2, -0.15) is 0 Å². The zero-order valence-electron chi connectivity index (χ0n) is 14.2. The van der Waals surface area contributed by atoms with Crippen LogP contribution in [0.2, 0.25) is 5.02 Å². The van der Waals surface area contributed by atoms with Gasteiger partial charge in [-0.3, -0.25) is 14.9 Å². The molecule has 3 rings (SSSR count). The highest BCUT2D eigenvalue weighted by Crippen LogP contribution is 2.33. The molecule has 0 saturated carbocycles. The lowest BCUT2D eigenvalue weighted by Crippen LogP contribution is -2.38. The van der Waals surface area contributed by atoms with Gasteiger partial charge in [-0.1, -0.05) is 11.6 Å². The van der Waals surface area contributed by atoms with Crippen LogP contribution in [0.15, 0.2) is 36.4 Å². The number of carbonyl (C=O) groups is 1. The molecule has 7 nitrogen and oxygen atoms in total. The van der Waals surface area contributed by atoms with E-state index in [0.29, 0.717) is 31.0 Å². The second kappa shape index (κ2) is 7.79. The van der Waals surface area contributed by atoms with Crippen molar-refractivity contribution in [2.75, 3.05) is 23.3 Å². The standard InChI is InChI=1S/C18H17ClFN3O4/c19-12-1-4-17(24)14(9-12)21-18(25)11-5-7-22(8-6-11)16-10-13(20)2-3-15(16)23(26)27/h1-4,9-11,24H,5-8H2,(H,21,25). The van der Waals surface area contributed by atoms with E-state index in [1.807, 2.05) is 0 Å². The van der Waals surface area contributed by atoms with Gasteiger partial charge in [0, 0.05) is 36.2 Å². The molecule has 9 heteroatoms. The molecule has 0 radical (unpaired) electrons.